The number of amides is 1. The molecule has 4 rings (SSSR count). The van der Waals surface area contributed by atoms with Crippen LogP contribution in [-0.4, -0.2) is 61.2 Å². The SMILES string of the molecule is COc1cccc(OC)c1C(=O)N1CCCN(c2ncc3ccccc3n2)CC1. The zero-order valence-corrected chi connectivity index (χ0v) is 16.7. The molecule has 1 aliphatic heterocycles. The molecule has 2 heterocycles. The van der Waals surface area contributed by atoms with Crippen LogP contribution in [-0.2, 0) is 0 Å². The van der Waals surface area contributed by atoms with Gasteiger partial charge >= 0.3 is 0 Å². The Labute approximate surface area is 169 Å². The summed E-state index contributed by atoms with van der Waals surface area (Å²) >= 11 is 0. The van der Waals surface area contributed by atoms with Crippen LogP contribution in [0.15, 0.2) is 48.7 Å². The van der Waals surface area contributed by atoms with Crippen molar-refractivity contribution >= 4 is 22.8 Å². The third-order valence-corrected chi connectivity index (χ3v) is 5.18. The van der Waals surface area contributed by atoms with Crippen molar-refractivity contribution in [3.05, 3.63) is 54.2 Å². The van der Waals surface area contributed by atoms with E-state index in [1.807, 2.05) is 41.4 Å². The molecule has 2 aromatic carbocycles. The smallest absolute Gasteiger partial charge is 0.261 e. The minimum atomic E-state index is -0.0828. The molecular formula is C22H24N4O3. The number of hydrogen-bond donors (Lipinski definition) is 0. The molecule has 1 saturated heterocycles. The van der Waals surface area contributed by atoms with Gasteiger partial charge in [0.15, 0.2) is 0 Å². The molecule has 0 unspecified atom stereocenters. The number of methoxy groups -OCH3 is 2. The molecule has 150 valence electrons. The fraction of sp³-hybridized carbons (Fsp3) is 0.318. The van der Waals surface area contributed by atoms with Crippen LogP contribution in [0.1, 0.15) is 16.8 Å². The third-order valence-electron chi connectivity index (χ3n) is 5.18. The Bertz CT molecular complexity index is 1000. The highest BCUT2D eigenvalue weighted by atomic mass is 16.5. The molecule has 7 heteroatoms. The molecular weight excluding hydrogens is 368 g/mol. The molecule has 3 aromatic rings. The summed E-state index contributed by atoms with van der Waals surface area (Å²) in [7, 11) is 3.12. The lowest BCUT2D eigenvalue weighted by Crippen LogP contribution is -2.36. The molecule has 7 nitrogen and oxygen atoms in total. The number of hydrogen-bond acceptors (Lipinski definition) is 6. The van der Waals surface area contributed by atoms with E-state index in [1.165, 1.54) is 0 Å². The van der Waals surface area contributed by atoms with Gasteiger partial charge in [-0.2, -0.15) is 0 Å². The van der Waals surface area contributed by atoms with Crippen LogP contribution in [0.5, 0.6) is 11.5 Å². The highest BCUT2D eigenvalue weighted by Crippen LogP contribution is 2.30. The quantitative estimate of drug-likeness (QED) is 0.680. The largest absolute Gasteiger partial charge is 0.496 e. The van der Waals surface area contributed by atoms with Gasteiger partial charge in [-0.05, 0) is 24.6 Å². The van der Waals surface area contributed by atoms with Crippen molar-refractivity contribution in [2.24, 2.45) is 0 Å². The summed E-state index contributed by atoms with van der Waals surface area (Å²) < 4.78 is 10.8. The minimum absolute atomic E-state index is 0.0828. The normalized spacial score (nSPS) is 14.6. The molecule has 1 aromatic heterocycles. The van der Waals surface area contributed by atoms with Crippen molar-refractivity contribution in [2.45, 2.75) is 6.42 Å². The Hall–Kier alpha value is -3.35. The highest BCUT2D eigenvalue weighted by molar-refractivity contribution is 5.99. The van der Waals surface area contributed by atoms with Crippen LogP contribution in [0.2, 0.25) is 0 Å². The maximum Gasteiger partial charge on any atom is 0.261 e. The number of anilines is 1. The van der Waals surface area contributed by atoms with Crippen LogP contribution >= 0.6 is 0 Å². The summed E-state index contributed by atoms with van der Waals surface area (Å²) in [6, 6.07) is 13.3. The van der Waals surface area contributed by atoms with Crippen molar-refractivity contribution in [3.8, 4) is 11.5 Å². The fourth-order valence-electron chi connectivity index (χ4n) is 3.66. The first-order valence-corrected chi connectivity index (χ1v) is 9.68. The second-order valence-electron chi connectivity index (χ2n) is 6.90. The maximum absolute atomic E-state index is 13.2. The van der Waals surface area contributed by atoms with Gasteiger partial charge < -0.3 is 19.3 Å². The molecule has 0 saturated carbocycles. The van der Waals surface area contributed by atoms with Gasteiger partial charge in [-0.25, -0.2) is 9.97 Å². The standard InChI is InChI=1S/C22H24N4O3/c1-28-18-9-5-10-19(29-2)20(18)21(27)25-11-6-12-26(14-13-25)22-23-15-16-7-3-4-8-17(16)24-22/h3-5,7-10,15H,6,11-14H2,1-2H3. The average molecular weight is 392 g/mol. The second-order valence-corrected chi connectivity index (χ2v) is 6.90. The fourth-order valence-corrected chi connectivity index (χ4v) is 3.66. The summed E-state index contributed by atoms with van der Waals surface area (Å²) in [4.78, 5) is 26.5. The molecule has 1 amide bonds. The average Bonchev–Trinajstić information content (AvgIpc) is 3.04. The van der Waals surface area contributed by atoms with E-state index in [-0.39, 0.29) is 5.91 Å². The number of nitrogens with zero attached hydrogens (tertiary/aromatic N) is 4. The number of para-hydroxylation sites is 1. The van der Waals surface area contributed by atoms with Crippen LogP contribution in [0.4, 0.5) is 5.95 Å². The number of fused-ring (bicyclic) bond motifs is 1. The van der Waals surface area contributed by atoms with Crippen LogP contribution in [0, 0.1) is 0 Å². The van der Waals surface area contributed by atoms with Gasteiger partial charge in [-0.3, -0.25) is 4.79 Å². The maximum atomic E-state index is 13.2. The summed E-state index contributed by atoms with van der Waals surface area (Å²) in [5.74, 6) is 1.66. The van der Waals surface area contributed by atoms with E-state index in [4.69, 9.17) is 14.5 Å². The zero-order chi connectivity index (χ0) is 20.2. The topological polar surface area (TPSA) is 67.8 Å². The summed E-state index contributed by atoms with van der Waals surface area (Å²) in [5, 5.41) is 1.02. The van der Waals surface area contributed by atoms with Gasteiger partial charge in [0.25, 0.3) is 5.91 Å². The van der Waals surface area contributed by atoms with E-state index in [1.54, 1.807) is 26.4 Å². The number of carbonyl (C=O) groups is 1. The Morgan fingerprint density at radius 3 is 2.45 bits per heavy atom. The van der Waals surface area contributed by atoms with Crippen LogP contribution in [0.25, 0.3) is 10.9 Å². The van der Waals surface area contributed by atoms with E-state index in [2.05, 4.69) is 9.88 Å². The van der Waals surface area contributed by atoms with Gasteiger partial charge in [-0.1, -0.05) is 24.3 Å². The Morgan fingerprint density at radius 1 is 0.931 bits per heavy atom. The van der Waals surface area contributed by atoms with Gasteiger partial charge in [-0.15, -0.1) is 0 Å². The van der Waals surface area contributed by atoms with Crippen molar-refractivity contribution in [1.82, 2.24) is 14.9 Å². The number of rotatable bonds is 4. The molecule has 29 heavy (non-hydrogen) atoms. The first-order valence-electron chi connectivity index (χ1n) is 9.68. The lowest BCUT2D eigenvalue weighted by Gasteiger charge is -2.23. The number of aromatic nitrogens is 2. The first kappa shape index (κ1) is 19.0. The molecule has 0 N–H and O–H groups in total. The Kier molecular flexibility index (Phi) is 5.46. The van der Waals surface area contributed by atoms with Crippen molar-refractivity contribution in [1.29, 1.82) is 0 Å². The van der Waals surface area contributed by atoms with Crippen molar-refractivity contribution in [2.75, 3.05) is 45.3 Å². The van der Waals surface area contributed by atoms with Crippen molar-refractivity contribution < 1.29 is 14.3 Å². The van der Waals surface area contributed by atoms with Crippen LogP contribution in [0.3, 0.4) is 0 Å². The lowest BCUT2D eigenvalue weighted by molar-refractivity contribution is 0.0760. The second kappa shape index (κ2) is 8.34. The van der Waals surface area contributed by atoms with Gasteiger partial charge in [0, 0.05) is 37.8 Å². The van der Waals surface area contributed by atoms with Gasteiger partial charge in [0.1, 0.15) is 17.1 Å². The van der Waals surface area contributed by atoms with Gasteiger partial charge in [0.05, 0.1) is 19.7 Å². The molecule has 0 bridgehead atoms. The summed E-state index contributed by atoms with van der Waals surface area (Å²) in [6.07, 6.45) is 2.69. The summed E-state index contributed by atoms with van der Waals surface area (Å²) in [5.41, 5.74) is 1.39. The molecule has 0 radical (unpaired) electrons. The molecule has 0 spiro atoms. The van der Waals surface area contributed by atoms with E-state index in [0.717, 1.165) is 23.9 Å². The van der Waals surface area contributed by atoms with Crippen molar-refractivity contribution in [3.63, 3.8) is 0 Å². The monoisotopic (exact) mass is 392 g/mol. The number of carbonyl (C=O) groups excluding carboxylic acids is 1. The van der Waals surface area contributed by atoms with E-state index in [0.29, 0.717) is 42.6 Å². The van der Waals surface area contributed by atoms with E-state index < -0.39 is 0 Å². The predicted molar refractivity (Wildman–Crippen MR) is 112 cm³/mol. The molecule has 1 fully saturated rings. The Balaban J connectivity index is 1.54. The third kappa shape index (κ3) is 3.81. The molecule has 1 aliphatic rings. The lowest BCUT2D eigenvalue weighted by atomic mass is 10.1. The minimum Gasteiger partial charge on any atom is -0.496 e. The number of ether oxygens (including phenoxy) is 2. The zero-order valence-electron chi connectivity index (χ0n) is 16.7. The van der Waals surface area contributed by atoms with Gasteiger partial charge in [0.2, 0.25) is 5.95 Å². The molecule has 0 aliphatic carbocycles. The van der Waals surface area contributed by atoms with Crippen LogP contribution < -0.4 is 14.4 Å². The molecule has 0 atom stereocenters. The van der Waals surface area contributed by atoms with E-state index >= 15 is 0 Å². The highest BCUT2D eigenvalue weighted by Gasteiger charge is 2.26. The predicted octanol–water partition coefficient (Wildman–Crippen LogP) is 3.00. The number of benzene rings is 2. The summed E-state index contributed by atoms with van der Waals surface area (Å²) in [6.45, 7) is 2.70. The van der Waals surface area contributed by atoms with E-state index in [9.17, 15) is 4.79 Å². The first-order chi connectivity index (χ1) is 14.2. The Morgan fingerprint density at radius 2 is 1.69 bits per heavy atom.